The van der Waals surface area contributed by atoms with E-state index in [1.54, 1.807) is 55.5 Å². The van der Waals surface area contributed by atoms with E-state index < -0.39 is 29.7 Å². The second kappa shape index (κ2) is 9.14. The van der Waals surface area contributed by atoms with Gasteiger partial charge in [0.1, 0.15) is 6.54 Å². The lowest BCUT2D eigenvalue weighted by atomic mass is 10.1. The first-order valence-corrected chi connectivity index (χ1v) is 10.5. The van der Waals surface area contributed by atoms with E-state index in [4.69, 9.17) is 4.74 Å². The fourth-order valence-electron chi connectivity index (χ4n) is 3.75. The van der Waals surface area contributed by atoms with E-state index in [0.717, 1.165) is 10.1 Å². The van der Waals surface area contributed by atoms with Crippen LogP contribution in [0.2, 0.25) is 0 Å². The summed E-state index contributed by atoms with van der Waals surface area (Å²) in [5.74, 6) is -1.31. The normalized spacial score (nSPS) is 10.8. The first kappa shape index (κ1) is 22.7. The van der Waals surface area contributed by atoms with Crippen molar-refractivity contribution in [3.05, 3.63) is 98.3 Å². The monoisotopic (exact) mass is 458 g/mol. The Bertz CT molecular complexity index is 1540. The number of hydrogen-bond donors (Lipinski definition) is 1. The van der Waals surface area contributed by atoms with E-state index in [1.807, 2.05) is 13.0 Å². The number of nitrogens with zero attached hydrogens (tertiary/aromatic N) is 3. The van der Waals surface area contributed by atoms with Crippen molar-refractivity contribution >= 4 is 28.6 Å². The van der Waals surface area contributed by atoms with Crippen LogP contribution < -0.4 is 16.6 Å². The molecule has 0 atom stereocenters. The third-order valence-electron chi connectivity index (χ3n) is 5.24. The van der Waals surface area contributed by atoms with Crippen molar-refractivity contribution in [1.82, 2.24) is 14.1 Å². The molecule has 0 fully saturated rings. The highest BCUT2D eigenvalue weighted by molar-refractivity contribution is 6.02. The van der Waals surface area contributed by atoms with Crippen LogP contribution in [0, 0.1) is 13.8 Å². The molecule has 2 heterocycles. The number of anilines is 1. The third-order valence-corrected chi connectivity index (χ3v) is 5.24. The number of rotatable bonds is 5. The highest BCUT2D eigenvalue weighted by atomic mass is 16.5. The van der Waals surface area contributed by atoms with E-state index >= 15 is 0 Å². The first-order chi connectivity index (χ1) is 16.3. The first-order valence-electron chi connectivity index (χ1n) is 10.5. The minimum absolute atomic E-state index is 0.0111. The molecule has 172 valence electrons. The van der Waals surface area contributed by atoms with Crippen LogP contribution in [0.1, 0.15) is 21.6 Å². The van der Waals surface area contributed by atoms with Gasteiger partial charge in [0.15, 0.2) is 5.65 Å². The van der Waals surface area contributed by atoms with E-state index in [2.05, 4.69) is 10.3 Å². The Morgan fingerprint density at radius 3 is 2.41 bits per heavy atom. The molecule has 4 aromatic rings. The second-order valence-electron chi connectivity index (χ2n) is 7.76. The zero-order chi connectivity index (χ0) is 24.4. The van der Waals surface area contributed by atoms with Crippen LogP contribution in [0.25, 0.3) is 16.7 Å². The van der Waals surface area contributed by atoms with E-state index in [1.165, 1.54) is 17.7 Å². The number of hydrogen-bond acceptors (Lipinski definition) is 6. The van der Waals surface area contributed by atoms with Gasteiger partial charge in [-0.1, -0.05) is 30.3 Å². The van der Waals surface area contributed by atoms with Gasteiger partial charge >= 0.3 is 11.7 Å². The molecular formula is C25H22N4O5. The Hall–Kier alpha value is -4.53. The Balaban J connectivity index is 1.96. The number of methoxy groups -OCH3 is 1. The number of fused-ring (bicyclic) bond motifs is 1. The molecule has 0 saturated heterocycles. The molecule has 2 aromatic heterocycles. The quantitative estimate of drug-likeness (QED) is 0.460. The van der Waals surface area contributed by atoms with Gasteiger partial charge in [0.05, 0.1) is 23.7 Å². The van der Waals surface area contributed by atoms with Crippen LogP contribution in [-0.4, -0.2) is 33.1 Å². The fourth-order valence-corrected chi connectivity index (χ4v) is 3.75. The molecule has 0 aliphatic rings. The summed E-state index contributed by atoms with van der Waals surface area (Å²) in [4.78, 5) is 56.6. The molecule has 0 saturated carbocycles. The number of aryl methyl sites for hydroxylation is 2. The van der Waals surface area contributed by atoms with Gasteiger partial charge in [0, 0.05) is 11.4 Å². The second-order valence-corrected chi connectivity index (χ2v) is 7.76. The smallest absolute Gasteiger partial charge is 0.338 e. The lowest BCUT2D eigenvalue weighted by Gasteiger charge is -2.15. The average molecular weight is 458 g/mol. The molecule has 1 N–H and O–H groups in total. The zero-order valence-electron chi connectivity index (χ0n) is 18.9. The number of nitrogens with one attached hydrogen (secondary N) is 1. The van der Waals surface area contributed by atoms with Crippen LogP contribution in [0.4, 0.5) is 5.69 Å². The van der Waals surface area contributed by atoms with E-state index in [-0.39, 0.29) is 16.6 Å². The minimum atomic E-state index is -0.806. The molecule has 9 nitrogen and oxygen atoms in total. The van der Waals surface area contributed by atoms with Gasteiger partial charge in [0.25, 0.3) is 5.56 Å². The van der Waals surface area contributed by atoms with Crippen molar-refractivity contribution in [1.29, 1.82) is 0 Å². The molecule has 9 heteroatoms. The number of carbonyl (C=O) groups is 2. The van der Waals surface area contributed by atoms with Gasteiger partial charge in [0.2, 0.25) is 5.91 Å². The summed E-state index contributed by atoms with van der Waals surface area (Å²) in [7, 11) is 1.20. The predicted molar refractivity (Wildman–Crippen MR) is 127 cm³/mol. The van der Waals surface area contributed by atoms with Crippen LogP contribution in [0.3, 0.4) is 0 Å². The lowest BCUT2D eigenvalue weighted by molar-refractivity contribution is -0.116. The number of para-hydroxylation sites is 1. The minimum Gasteiger partial charge on any atom is -0.465 e. The zero-order valence-corrected chi connectivity index (χ0v) is 18.9. The van der Waals surface area contributed by atoms with Crippen molar-refractivity contribution in [3.8, 4) is 5.69 Å². The molecule has 0 aliphatic carbocycles. The van der Waals surface area contributed by atoms with Crippen molar-refractivity contribution in [3.63, 3.8) is 0 Å². The number of pyridine rings is 1. The van der Waals surface area contributed by atoms with Crippen molar-refractivity contribution in [2.75, 3.05) is 12.4 Å². The van der Waals surface area contributed by atoms with Crippen LogP contribution >= 0.6 is 0 Å². The standard InChI is InChI=1S/C25H22N4O5/c1-15-8-7-9-17(12-15)27-20(30)14-28-23(31)21-19(24(32)34-3)13-16(2)26-22(21)29(25(28)33)18-10-5-4-6-11-18/h4-13H,14H2,1-3H3,(H,27,30). The largest absolute Gasteiger partial charge is 0.465 e. The molecule has 34 heavy (non-hydrogen) atoms. The van der Waals surface area contributed by atoms with Gasteiger partial charge in [-0.05, 0) is 49.7 Å². The molecule has 0 spiro atoms. The molecule has 0 radical (unpaired) electrons. The van der Waals surface area contributed by atoms with Gasteiger partial charge in [-0.2, -0.15) is 0 Å². The Morgan fingerprint density at radius 1 is 1.00 bits per heavy atom. The lowest BCUT2D eigenvalue weighted by Crippen LogP contribution is -2.43. The average Bonchev–Trinajstić information content (AvgIpc) is 2.81. The summed E-state index contributed by atoms with van der Waals surface area (Å²) in [5.41, 5.74) is 0.748. The van der Waals surface area contributed by atoms with Gasteiger partial charge < -0.3 is 10.1 Å². The number of esters is 1. The summed E-state index contributed by atoms with van der Waals surface area (Å²) in [6.07, 6.45) is 0. The molecule has 0 aliphatic heterocycles. The van der Waals surface area contributed by atoms with Gasteiger partial charge in [-0.15, -0.1) is 0 Å². The summed E-state index contributed by atoms with van der Waals surface area (Å²) >= 11 is 0. The van der Waals surface area contributed by atoms with Crippen molar-refractivity contribution in [2.45, 2.75) is 20.4 Å². The number of ether oxygens (including phenoxy) is 1. The third kappa shape index (κ3) is 4.23. The van der Waals surface area contributed by atoms with Crippen LogP contribution in [-0.2, 0) is 16.1 Å². The molecule has 0 bridgehead atoms. The number of carbonyl (C=O) groups excluding carboxylic acids is 2. The molecule has 1 amide bonds. The molecular weight excluding hydrogens is 436 g/mol. The maximum absolute atomic E-state index is 13.5. The maximum Gasteiger partial charge on any atom is 0.338 e. The Labute approximate surface area is 194 Å². The maximum atomic E-state index is 13.5. The topological polar surface area (TPSA) is 112 Å². The van der Waals surface area contributed by atoms with Crippen molar-refractivity contribution < 1.29 is 14.3 Å². The van der Waals surface area contributed by atoms with Gasteiger partial charge in [-0.25, -0.2) is 23.7 Å². The van der Waals surface area contributed by atoms with E-state index in [0.29, 0.717) is 17.1 Å². The fraction of sp³-hybridized carbons (Fsp3) is 0.160. The van der Waals surface area contributed by atoms with E-state index in [9.17, 15) is 19.2 Å². The van der Waals surface area contributed by atoms with Crippen LogP contribution in [0.15, 0.2) is 70.3 Å². The number of aromatic nitrogens is 3. The predicted octanol–water partition coefficient (Wildman–Crippen LogP) is 2.59. The molecule has 2 aromatic carbocycles. The number of amides is 1. The summed E-state index contributed by atoms with van der Waals surface area (Å²) in [6, 6.07) is 17.1. The van der Waals surface area contributed by atoms with Crippen molar-refractivity contribution in [2.24, 2.45) is 0 Å². The summed E-state index contributed by atoms with van der Waals surface area (Å²) in [5, 5.41) is 2.59. The Morgan fingerprint density at radius 2 is 1.74 bits per heavy atom. The van der Waals surface area contributed by atoms with Gasteiger partial charge in [-0.3, -0.25) is 9.59 Å². The summed E-state index contributed by atoms with van der Waals surface area (Å²) < 4.78 is 6.87. The molecule has 4 rings (SSSR count). The summed E-state index contributed by atoms with van der Waals surface area (Å²) in [6.45, 7) is 2.97. The highest BCUT2D eigenvalue weighted by Gasteiger charge is 2.23. The molecule has 0 unspecified atom stereocenters. The number of benzene rings is 2. The SMILES string of the molecule is COC(=O)c1cc(C)nc2c1c(=O)n(CC(=O)Nc1cccc(C)c1)c(=O)n2-c1ccccc1. The Kier molecular flexibility index (Phi) is 6.09. The van der Waals surface area contributed by atoms with Crippen LogP contribution in [0.5, 0.6) is 0 Å². The highest BCUT2D eigenvalue weighted by Crippen LogP contribution is 2.18.